The van der Waals surface area contributed by atoms with Crippen LogP contribution in [0.4, 0.5) is 11.4 Å². The Labute approximate surface area is 116 Å². The highest BCUT2D eigenvalue weighted by atomic mass is 16.6. The van der Waals surface area contributed by atoms with Crippen LogP contribution in [0.1, 0.15) is 11.3 Å². The van der Waals surface area contributed by atoms with E-state index in [1.807, 2.05) is 19.2 Å². The van der Waals surface area contributed by atoms with E-state index >= 15 is 0 Å². The van der Waals surface area contributed by atoms with Gasteiger partial charge in [-0.15, -0.1) is 0 Å². The monoisotopic (exact) mass is 273 g/mol. The van der Waals surface area contributed by atoms with E-state index in [4.69, 9.17) is 4.74 Å². The van der Waals surface area contributed by atoms with Gasteiger partial charge in [-0.05, 0) is 24.6 Å². The fourth-order valence-electron chi connectivity index (χ4n) is 1.83. The summed E-state index contributed by atoms with van der Waals surface area (Å²) < 4.78 is 5.58. The minimum atomic E-state index is -0.445. The van der Waals surface area contributed by atoms with Gasteiger partial charge in [0.2, 0.25) is 0 Å². The summed E-state index contributed by atoms with van der Waals surface area (Å²) in [6.45, 7) is 1.96. The van der Waals surface area contributed by atoms with E-state index in [1.54, 1.807) is 25.3 Å². The average molecular weight is 273 g/mol. The van der Waals surface area contributed by atoms with Crippen molar-refractivity contribution in [2.24, 2.45) is 0 Å². The number of hydrogen-bond donors (Lipinski definition) is 1. The van der Waals surface area contributed by atoms with Crippen LogP contribution in [0.3, 0.4) is 0 Å². The number of aromatic nitrogens is 1. The number of aryl methyl sites for hydroxylation is 1. The molecule has 2 rings (SSSR count). The molecule has 1 aromatic heterocycles. The molecule has 0 saturated heterocycles. The Hall–Kier alpha value is -2.63. The number of hydrogen-bond acceptors (Lipinski definition) is 5. The van der Waals surface area contributed by atoms with Gasteiger partial charge in [0.1, 0.15) is 6.61 Å². The lowest BCUT2D eigenvalue weighted by Crippen LogP contribution is -2.03. The molecule has 1 N–H and O–H groups in total. The zero-order valence-electron chi connectivity index (χ0n) is 11.3. The molecule has 0 bridgehead atoms. The van der Waals surface area contributed by atoms with Crippen molar-refractivity contribution in [3.63, 3.8) is 0 Å². The van der Waals surface area contributed by atoms with Crippen molar-refractivity contribution in [3.8, 4) is 5.75 Å². The molecule has 6 nitrogen and oxygen atoms in total. The molecule has 1 aromatic carbocycles. The van der Waals surface area contributed by atoms with Crippen molar-refractivity contribution < 1.29 is 9.66 Å². The molecule has 0 saturated carbocycles. The largest absolute Gasteiger partial charge is 0.480 e. The van der Waals surface area contributed by atoms with Gasteiger partial charge < -0.3 is 10.1 Å². The van der Waals surface area contributed by atoms with Gasteiger partial charge in [0.25, 0.3) is 0 Å². The van der Waals surface area contributed by atoms with Gasteiger partial charge >= 0.3 is 5.69 Å². The molecule has 0 unspecified atom stereocenters. The lowest BCUT2D eigenvalue weighted by atomic mass is 10.2. The second kappa shape index (κ2) is 6.01. The van der Waals surface area contributed by atoms with Crippen LogP contribution in [0.5, 0.6) is 5.75 Å². The van der Waals surface area contributed by atoms with Crippen LogP contribution in [0.15, 0.2) is 36.5 Å². The predicted molar refractivity (Wildman–Crippen MR) is 75.9 cm³/mol. The number of ether oxygens (including phenoxy) is 1. The van der Waals surface area contributed by atoms with Gasteiger partial charge in [-0.3, -0.25) is 15.1 Å². The highest BCUT2D eigenvalue weighted by Gasteiger charge is 2.17. The Kier molecular flexibility index (Phi) is 4.14. The van der Waals surface area contributed by atoms with Gasteiger partial charge in [-0.2, -0.15) is 0 Å². The quantitative estimate of drug-likeness (QED) is 0.669. The van der Waals surface area contributed by atoms with Crippen LogP contribution in [-0.2, 0) is 6.61 Å². The molecule has 0 aliphatic rings. The van der Waals surface area contributed by atoms with Crippen molar-refractivity contribution in [2.75, 3.05) is 12.4 Å². The molecular weight excluding hydrogens is 258 g/mol. The van der Waals surface area contributed by atoms with Crippen molar-refractivity contribution in [3.05, 3.63) is 57.9 Å². The summed E-state index contributed by atoms with van der Waals surface area (Å²) in [6.07, 6.45) is 1.66. The third-order valence-electron chi connectivity index (χ3n) is 2.86. The predicted octanol–water partition coefficient (Wildman–Crippen LogP) is 2.92. The van der Waals surface area contributed by atoms with Crippen molar-refractivity contribution >= 4 is 11.4 Å². The Morgan fingerprint density at radius 1 is 1.40 bits per heavy atom. The van der Waals surface area contributed by atoms with Crippen LogP contribution < -0.4 is 10.1 Å². The summed E-state index contributed by atoms with van der Waals surface area (Å²) in [4.78, 5) is 14.7. The highest BCUT2D eigenvalue weighted by Crippen LogP contribution is 2.30. The van der Waals surface area contributed by atoms with Gasteiger partial charge in [-0.25, -0.2) is 0 Å². The first-order valence-corrected chi connectivity index (χ1v) is 6.11. The lowest BCUT2D eigenvalue weighted by molar-refractivity contribution is -0.386. The summed E-state index contributed by atoms with van der Waals surface area (Å²) in [5, 5.41) is 14.0. The summed E-state index contributed by atoms with van der Waals surface area (Å²) >= 11 is 0. The van der Waals surface area contributed by atoms with Crippen molar-refractivity contribution in [1.29, 1.82) is 0 Å². The molecule has 2 aromatic rings. The molecule has 0 radical (unpaired) electrons. The van der Waals surface area contributed by atoms with Gasteiger partial charge in [0, 0.05) is 25.0 Å². The minimum absolute atomic E-state index is 0.0326. The smallest absolute Gasteiger partial charge is 0.311 e. The van der Waals surface area contributed by atoms with Crippen LogP contribution in [0.2, 0.25) is 0 Å². The number of rotatable bonds is 5. The van der Waals surface area contributed by atoms with E-state index < -0.39 is 4.92 Å². The third kappa shape index (κ3) is 3.03. The van der Waals surface area contributed by atoms with E-state index in [-0.39, 0.29) is 18.0 Å². The summed E-state index contributed by atoms with van der Waals surface area (Å²) in [7, 11) is 1.81. The maximum Gasteiger partial charge on any atom is 0.311 e. The van der Waals surface area contributed by atoms with E-state index in [0.29, 0.717) is 5.69 Å². The lowest BCUT2D eigenvalue weighted by Gasteiger charge is -2.09. The zero-order chi connectivity index (χ0) is 14.5. The van der Waals surface area contributed by atoms with Gasteiger partial charge in [0.15, 0.2) is 5.75 Å². The second-order valence-electron chi connectivity index (χ2n) is 4.25. The number of nitro groups is 1. The molecule has 0 atom stereocenters. The topological polar surface area (TPSA) is 77.3 Å². The van der Waals surface area contributed by atoms with E-state index in [2.05, 4.69) is 10.3 Å². The number of nitrogens with one attached hydrogen (secondary N) is 1. The molecule has 0 amide bonds. The number of para-hydroxylation sites is 1. The van der Waals surface area contributed by atoms with E-state index in [0.717, 1.165) is 11.3 Å². The first kappa shape index (κ1) is 13.8. The van der Waals surface area contributed by atoms with Crippen LogP contribution in [-0.4, -0.2) is 17.0 Å². The molecule has 0 aliphatic heterocycles. The molecule has 0 aliphatic carbocycles. The van der Waals surface area contributed by atoms with E-state index in [1.165, 1.54) is 6.07 Å². The molecule has 1 heterocycles. The Morgan fingerprint density at radius 2 is 2.20 bits per heavy atom. The fraction of sp³-hybridized carbons (Fsp3) is 0.214. The highest BCUT2D eigenvalue weighted by molar-refractivity contribution is 5.51. The normalized spacial score (nSPS) is 10.1. The van der Waals surface area contributed by atoms with E-state index in [9.17, 15) is 10.1 Å². The molecule has 0 spiro atoms. The summed E-state index contributed by atoms with van der Waals surface area (Å²) in [5.41, 5.74) is 2.31. The van der Waals surface area contributed by atoms with Crippen LogP contribution in [0.25, 0.3) is 0 Å². The SMILES string of the molecule is CNc1ccnc(COc2c(C)cccc2[N+](=O)[O-])c1. The fourth-order valence-corrected chi connectivity index (χ4v) is 1.83. The second-order valence-corrected chi connectivity index (χ2v) is 4.25. The minimum Gasteiger partial charge on any atom is -0.480 e. The van der Waals surface area contributed by atoms with Crippen molar-refractivity contribution in [2.45, 2.75) is 13.5 Å². The maximum atomic E-state index is 11.0. The van der Waals surface area contributed by atoms with Gasteiger partial charge in [0.05, 0.1) is 10.6 Å². The molecule has 0 fully saturated rings. The standard InChI is InChI=1S/C14H15N3O3/c1-10-4-3-5-13(17(18)19)14(10)20-9-12-8-11(15-2)6-7-16-12/h3-8H,9H2,1-2H3,(H,15,16). The molecule has 6 heteroatoms. The first-order chi connectivity index (χ1) is 9.61. The summed E-state index contributed by atoms with van der Waals surface area (Å²) in [5.74, 6) is 0.286. The number of nitro benzene ring substituents is 1. The molecular formula is C14H15N3O3. The average Bonchev–Trinajstić information content (AvgIpc) is 2.45. The number of pyridine rings is 1. The van der Waals surface area contributed by atoms with Crippen LogP contribution >= 0.6 is 0 Å². The maximum absolute atomic E-state index is 11.0. The third-order valence-corrected chi connectivity index (χ3v) is 2.86. The van der Waals surface area contributed by atoms with Gasteiger partial charge in [-0.1, -0.05) is 12.1 Å². The number of anilines is 1. The number of nitrogens with zero attached hydrogens (tertiary/aromatic N) is 2. The Balaban J connectivity index is 2.20. The molecule has 20 heavy (non-hydrogen) atoms. The zero-order valence-corrected chi connectivity index (χ0v) is 11.3. The molecule has 104 valence electrons. The number of benzene rings is 1. The van der Waals surface area contributed by atoms with Crippen molar-refractivity contribution in [1.82, 2.24) is 4.98 Å². The Bertz CT molecular complexity index is 629. The van der Waals surface area contributed by atoms with Crippen LogP contribution in [0, 0.1) is 17.0 Å². The first-order valence-electron chi connectivity index (χ1n) is 6.11. The summed E-state index contributed by atoms with van der Waals surface area (Å²) in [6, 6.07) is 8.52. The Morgan fingerprint density at radius 3 is 2.90 bits per heavy atom.